The fourth-order valence-electron chi connectivity index (χ4n) is 3.32. The lowest BCUT2D eigenvalue weighted by Gasteiger charge is -2.17. The number of aromatic nitrogens is 3. The van der Waals surface area contributed by atoms with Gasteiger partial charge < -0.3 is 15.2 Å². The second-order valence-electron chi connectivity index (χ2n) is 6.66. The van der Waals surface area contributed by atoms with Crippen LogP contribution in [-0.4, -0.2) is 39.0 Å². The minimum absolute atomic E-state index is 0.0539. The third-order valence-corrected chi connectivity index (χ3v) is 4.72. The first-order valence-corrected chi connectivity index (χ1v) is 9.22. The number of carbonyl (C=O) groups is 1. The number of pyridine rings is 1. The highest BCUT2D eigenvalue weighted by atomic mass is 16.5. The summed E-state index contributed by atoms with van der Waals surface area (Å²) in [7, 11) is 0. The number of carboxylic acid groups (broad SMARTS) is 1. The molecule has 0 unspecified atom stereocenters. The van der Waals surface area contributed by atoms with Gasteiger partial charge in [-0.3, -0.25) is 14.5 Å². The molecule has 3 heterocycles. The Balaban J connectivity index is 1.37. The molecule has 0 atom stereocenters. The number of rotatable bonds is 7. The maximum atomic E-state index is 10.7. The summed E-state index contributed by atoms with van der Waals surface area (Å²) in [4.78, 5) is 15.5. The lowest BCUT2D eigenvalue weighted by molar-refractivity contribution is -0.137. The summed E-state index contributed by atoms with van der Waals surface area (Å²) in [6.45, 7) is 1.93. The molecule has 0 saturated carbocycles. The van der Waals surface area contributed by atoms with Gasteiger partial charge in [-0.2, -0.15) is 5.10 Å². The van der Waals surface area contributed by atoms with Crippen LogP contribution in [0.5, 0.6) is 5.75 Å². The molecule has 0 bridgehead atoms. The molecule has 0 saturated heterocycles. The van der Waals surface area contributed by atoms with E-state index in [9.17, 15) is 4.79 Å². The van der Waals surface area contributed by atoms with Crippen molar-refractivity contribution in [2.75, 3.05) is 18.5 Å². The summed E-state index contributed by atoms with van der Waals surface area (Å²) in [6, 6.07) is 9.90. The van der Waals surface area contributed by atoms with Crippen molar-refractivity contribution in [3.05, 3.63) is 47.9 Å². The monoisotopic (exact) mass is 366 g/mol. The molecule has 0 fully saturated rings. The third kappa shape index (κ3) is 4.02. The smallest absolute Gasteiger partial charge is 0.305 e. The Morgan fingerprint density at radius 1 is 1.30 bits per heavy atom. The van der Waals surface area contributed by atoms with Crippen molar-refractivity contribution in [3.8, 4) is 5.75 Å². The zero-order valence-corrected chi connectivity index (χ0v) is 15.0. The molecule has 140 valence electrons. The number of hydrogen-bond acceptors (Lipinski definition) is 5. The number of aliphatic carboxylic acids is 1. The zero-order chi connectivity index (χ0) is 18.6. The van der Waals surface area contributed by atoms with Crippen LogP contribution >= 0.6 is 0 Å². The molecule has 4 rings (SSSR count). The number of hydrogen-bond donors (Lipinski definition) is 2. The van der Waals surface area contributed by atoms with Crippen LogP contribution in [0, 0.1) is 0 Å². The minimum atomic E-state index is -0.829. The normalized spacial score (nSPS) is 13.2. The molecule has 1 aliphatic heterocycles. The number of carboxylic acids is 1. The number of aryl methyl sites for hydroxylation is 2. The molecular formula is C20H22N4O3. The second-order valence-corrected chi connectivity index (χ2v) is 6.66. The standard InChI is InChI=1S/C20H22N4O3/c25-20(26)7-10-24-19-6-4-16(12-14(19)13-22-24)27-11-8-15-3-5-17-18(23-15)2-1-9-21-17/h3-6,12-13,21H,1-2,7-11H2,(H,25,26). The predicted molar refractivity (Wildman–Crippen MR) is 102 cm³/mol. The summed E-state index contributed by atoms with van der Waals surface area (Å²) in [6.07, 6.45) is 4.70. The van der Waals surface area contributed by atoms with Crippen LogP contribution in [0.15, 0.2) is 36.5 Å². The fourth-order valence-corrected chi connectivity index (χ4v) is 3.32. The Morgan fingerprint density at radius 3 is 3.11 bits per heavy atom. The maximum Gasteiger partial charge on any atom is 0.305 e. The van der Waals surface area contributed by atoms with Crippen molar-refractivity contribution in [1.82, 2.24) is 14.8 Å². The molecule has 0 radical (unpaired) electrons. The van der Waals surface area contributed by atoms with Crippen LogP contribution < -0.4 is 10.1 Å². The lowest BCUT2D eigenvalue weighted by Crippen LogP contribution is -2.14. The van der Waals surface area contributed by atoms with E-state index in [4.69, 9.17) is 14.8 Å². The highest BCUT2D eigenvalue weighted by Gasteiger charge is 2.10. The van der Waals surface area contributed by atoms with Gasteiger partial charge in [0, 0.05) is 24.0 Å². The third-order valence-electron chi connectivity index (χ3n) is 4.72. The fraction of sp³-hybridized carbons (Fsp3) is 0.350. The molecule has 27 heavy (non-hydrogen) atoms. The van der Waals surface area contributed by atoms with E-state index in [1.807, 2.05) is 18.2 Å². The molecule has 1 aromatic carbocycles. The van der Waals surface area contributed by atoms with Gasteiger partial charge in [0.15, 0.2) is 0 Å². The van der Waals surface area contributed by atoms with E-state index < -0.39 is 5.97 Å². The van der Waals surface area contributed by atoms with Crippen molar-refractivity contribution in [2.24, 2.45) is 0 Å². The summed E-state index contributed by atoms with van der Waals surface area (Å²) in [5, 5.41) is 17.4. The number of ether oxygens (including phenoxy) is 1. The second kappa shape index (κ2) is 7.65. The van der Waals surface area contributed by atoms with Crippen LogP contribution in [0.4, 0.5) is 5.69 Å². The van der Waals surface area contributed by atoms with Gasteiger partial charge in [-0.15, -0.1) is 0 Å². The van der Waals surface area contributed by atoms with Gasteiger partial charge in [0.2, 0.25) is 0 Å². The number of nitrogens with zero attached hydrogens (tertiary/aromatic N) is 3. The van der Waals surface area contributed by atoms with Crippen molar-refractivity contribution in [2.45, 2.75) is 32.2 Å². The average Bonchev–Trinajstić information content (AvgIpc) is 3.08. The number of fused-ring (bicyclic) bond motifs is 2. The molecule has 0 amide bonds. The Hall–Kier alpha value is -3.09. The van der Waals surface area contributed by atoms with E-state index in [1.165, 1.54) is 0 Å². The largest absolute Gasteiger partial charge is 0.493 e. The van der Waals surface area contributed by atoms with Gasteiger partial charge >= 0.3 is 5.97 Å². The molecule has 0 spiro atoms. The number of nitrogens with one attached hydrogen (secondary N) is 1. The molecule has 7 heteroatoms. The van der Waals surface area contributed by atoms with Crippen molar-refractivity contribution in [1.29, 1.82) is 0 Å². The molecule has 0 aliphatic carbocycles. The van der Waals surface area contributed by atoms with Crippen LogP contribution in [0.25, 0.3) is 10.9 Å². The Bertz CT molecular complexity index is 967. The number of anilines is 1. The topological polar surface area (TPSA) is 89.3 Å². The van der Waals surface area contributed by atoms with Crippen LogP contribution in [0.1, 0.15) is 24.2 Å². The Labute approximate surface area is 157 Å². The summed E-state index contributed by atoms with van der Waals surface area (Å²) in [5.74, 6) is -0.0508. The first-order chi connectivity index (χ1) is 13.2. The molecule has 3 aromatic rings. The van der Waals surface area contributed by atoms with Gasteiger partial charge in [0.1, 0.15) is 5.75 Å². The SMILES string of the molecule is O=C(O)CCn1ncc2cc(OCCc3ccc4c(n3)CCCN4)ccc21. The summed E-state index contributed by atoms with van der Waals surface area (Å²) in [5.41, 5.74) is 4.25. The van der Waals surface area contributed by atoms with Crippen molar-refractivity contribution in [3.63, 3.8) is 0 Å². The molecule has 2 aromatic heterocycles. The lowest BCUT2D eigenvalue weighted by atomic mass is 10.1. The quantitative estimate of drug-likeness (QED) is 0.668. The van der Waals surface area contributed by atoms with Gasteiger partial charge in [-0.25, -0.2) is 0 Å². The van der Waals surface area contributed by atoms with Crippen molar-refractivity contribution >= 4 is 22.6 Å². The van der Waals surface area contributed by atoms with Gasteiger partial charge in [-0.1, -0.05) is 0 Å². The van der Waals surface area contributed by atoms with E-state index >= 15 is 0 Å². The van der Waals surface area contributed by atoms with E-state index in [2.05, 4.69) is 22.5 Å². The zero-order valence-electron chi connectivity index (χ0n) is 15.0. The average molecular weight is 366 g/mol. The Kier molecular flexibility index (Phi) is 4.91. The van der Waals surface area contributed by atoms with Gasteiger partial charge in [0.25, 0.3) is 0 Å². The highest BCUT2D eigenvalue weighted by Crippen LogP contribution is 2.22. The summed E-state index contributed by atoms with van der Waals surface area (Å²) < 4.78 is 7.59. The van der Waals surface area contributed by atoms with Crippen LogP contribution in [-0.2, 0) is 24.2 Å². The molecular weight excluding hydrogens is 344 g/mol. The summed E-state index contributed by atoms with van der Waals surface area (Å²) >= 11 is 0. The van der Waals surface area contributed by atoms with E-state index in [0.717, 1.165) is 59.5 Å². The van der Waals surface area contributed by atoms with E-state index in [0.29, 0.717) is 13.2 Å². The van der Waals surface area contributed by atoms with Crippen LogP contribution in [0.3, 0.4) is 0 Å². The first kappa shape index (κ1) is 17.3. The predicted octanol–water partition coefficient (Wildman–Crippen LogP) is 2.89. The number of benzene rings is 1. The molecule has 7 nitrogen and oxygen atoms in total. The molecule has 2 N–H and O–H groups in total. The highest BCUT2D eigenvalue weighted by molar-refractivity contribution is 5.80. The van der Waals surface area contributed by atoms with Crippen LogP contribution in [0.2, 0.25) is 0 Å². The van der Waals surface area contributed by atoms with E-state index in [-0.39, 0.29) is 6.42 Å². The maximum absolute atomic E-state index is 10.7. The van der Waals surface area contributed by atoms with Gasteiger partial charge in [-0.05, 0) is 43.2 Å². The molecule has 1 aliphatic rings. The Morgan fingerprint density at radius 2 is 2.22 bits per heavy atom. The first-order valence-electron chi connectivity index (χ1n) is 9.22. The van der Waals surface area contributed by atoms with E-state index in [1.54, 1.807) is 10.9 Å². The van der Waals surface area contributed by atoms with Crippen molar-refractivity contribution < 1.29 is 14.6 Å². The van der Waals surface area contributed by atoms with Gasteiger partial charge in [0.05, 0.1) is 42.7 Å². The minimum Gasteiger partial charge on any atom is -0.493 e.